The Bertz CT molecular complexity index is 2130. The van der Waals surface area contributed by atoms with Crippen LogP contribution in [0, 0.1) is 0 Å². The fraction of sp³-hybridized carbons (Fsp3) is 0.308. The van der Waals surface area contributed by atoms with Crippen LogP contribution in [0.4, 0.5) is 11.4 Å². The second kappa shape index (κ2) is 16.1. The average molecular weight is 749 g/mol. The van der Waals surface area contributed by atoms with Gasteiger partial charge in [-0.2, -0.15) is 0 Å². The highest BCUT2D eigenvalue weighted by atomic mass is 32.2. The SMILES string of the molecule is CCCC1(CCc2cccc(NS(=O)(=O)c3ccc(OC)cc3)c2)CC(O)=C(C(CC)c2cccc(NS(=O)(=O)c3ccc(OC)cc3)c2)C(=O)O1. The van der Waals surface area contributed by atoms with Crippen LogP contribution in [-0.4, -0.2) is 47.7 Å². The van der Waals surface area contributed by atoms with Crippen molar-refractivity contribution < 1.29 is 40.9 Å². The second-order valence-electron chi connectivity index (χ2n) is 12.7. The number of aliphatic hydroxyl groups is 1. The van der Waals surface area contributed by atoms with E-state index in [1.54, 1.807) is 66.7 Å². The molecule has 13 heteroatoms. The van der Waals surface area contributed by atoms with E-state index < -0.39 is 37.5 Å². The van der Waals surface area contributed by atoms with Crippen LogP contribution in [0.2, 0.25) is 0 Å². The molecule has 0 fully saturated rings. The number of aliphatic hydroxyl groups excluding tert-OH is 1. The van der Waals surface area contributed by atoms with Gasteiger partial charge in [-0.25, -0.2) is 21.6 Å². The Morgan fingerprint density at radius 2 is 1.31 bits per heavy atom. The summed E-state index contributed by atoms with van der Waals surface area (Å²) in [5.74, 6) is -0.142. The van der Waals surface area contributed by atoms with E-state index in [1.165, 1.54) is 38.5 Å². The molecule has 2 unspecified atom stereocenters. The van der Waals surface area contributed by atoms with E-state index in [0.29, 0.717) is 60.5 Å². The standard InChI is InChI=1S/C39H44N2O9S2/c1-5-22-39(23-21-27-9-7-11-29(24-27)40-51(44,45)33-17-13-31(48-3)14-18-33)26-36(42)37(38(43)50-39)35(6-2)28-10-8-12-30(25-28)41-52(46,47)34-19-15-32(49-4)16-20-34/h7-20,24-25,35,40-42H,5-6,21-23,26H2,1-4H3. The van der Waals surface area contributed by atoms with Crippen molar-refractivity contribution in [1.82, 2.24) is 0 Å². The first-order chi connectivity index (χ1) is 24.8. The fourth-order valence-electron chi connectivity index (χ4n) is 6.53. The highest BCUT2D eigenvalue weighted by Gasteiger charge is 2.43. The Hall–Kier alpha value is -5.01. The quantitative estimate of drug-likeness (QED) is 0.0976. The number of hydrogen-bond donors (Lipinski definition) is 3. The summed E-state index contributed by atoms with van der Waals surface area (Å²) in [6.07, 6.45) is 2.64. The minimum absolute atomic E-state index is 0.0539. The van der Waals surface area contributed by atoms with Gasteiger partial charge in [0.2, 0.25) is 0 Å². The molecule has 11 nitrogen and oxygen atoms in total. The number of rotatable bonds is 16. The number of anilines is 2. The fourth-order valence-corrected chi connectivity index (χ4v) is 8.63. The normalized spacial score (nSPS) is 16.9. The Labute approximate surface area is 305 Å². The van der Waals surface area contributed by atoms with E-state index >= 15 is 0 Å². The van der Waals surface area contributed by atoms with E-state index in [-0.39, 0.29) is 27.5 Å². The Morgan fingerprint density at radius 1 is 0.769 bits per heavy atom. The molecular weight excluding hydrogens is 705 g/mol. The van der Waals surface area contributed by atoms with Gasteiger partial charge in [-0.15, -0.1) is 0 Å². The van der Waals surface area contributed by atoms with Crippen LogP contribution in [0.5, 0.6) is 11.5 Å². The molecule has 0 bridgehead atoms. The summed E-state index contributed by atoms with van der Waals surface area (Å²) >= 11 is 0. The number of hydrogen-bond acceptors (Lipinski definition) is 9. The Balaban J connectivity index is 1.32. The number of benzene rings is 4. The lowest BCUT2D eigenvalue weighted by Gasteiger charge is -2.38. The highest BCUT2D eigenvalue weighted by Crippen LogP contribution is 2.42. The number of methoxy groups -OCH3 is 2. The monoisotopic (exact) mass is 748 g/mol. The predicted molar refractivity (Wildman–Crippen MR) is 200 cm³/mol. The minimum atomic E-state index is -3.91. The predicted octanol–water partition coefficient (Wildman–Crippen LogP) is 7.73. The van der Waals surface area contributed by atoms with Crippen LogP contribution < -0.4 is 18.9 Å². The molecule has 0 radical (unpaired) electrons. The topological polar surface area (TPSA) is 157 Å². The van der Waals surface area contributed by atoms with Crippen LogP contribution in [0.25, 0.3) is 0 Å². The molecule has 5 rings (SSSR count). The molecule has 0 aliphatic carbocycles. The van der Waals surface area contributed by atoms with Gasteiger partial charge in [-0.05, 0) is 110 Å². The van der Waals surface area contributed by atoms with E-state index in [9.17, 15) is 26.7 Å². The summed E-state index contributed by atoms with van der Waals surface area (Å²) in [6.45, 7) is 3.87. The molecule has 2 atom stereocenters. The van der Waals surface area contributed by atoms with Gasteiger partial charge in [0.05, 0.1) is 29.6 Å². The molecule has 0 spiro atoms. The molecule has 4 aromatic carbocycles. The van der Waals surface area contributed by atoms with Crippen molar-refractivity contribution in [3.05, 3.63) is 120 Å². The van der Waals surface area contributed by atoms with Crippen LogP contribution >= 0.6 is 0 Å². The number of esters is 1. The number of carbonyl (C=O) groups excluding carboxylic acids is 1. The number of aryl methyl sites for hydroxylation is 1. The van der Waals surface area contributed by atoms with Crippen LogP contribution in [0.1, 0.15) is 63.0 Å². The summed E-state index contributed by atoms with van der Waals surface area (Å²) in [4.78, 5) is 13.9. The minimum Gasteiger partial charge on any atom is -0.512 e. The number of nitrogens with one attached hydrogen (secondary N) is 2. The highest BCUT2D eigenvalue weighted by molar-refractivity contribution is 7.93. The van der Waals surface area contributed by atoms with E-state index in [1.807, 2.05) is 19.9 Å². The van der Waals surface area contributed by atoms with E-state index in [4.69, 9.17) is 14.2 Å². The molecule has 3 N–H and O–H groups in total. The molecular formula is C39H44N2O9S2. The van der Waals surface area contributed by atoms with Gasteiger partial charge in [0.1, 0.15) is 22.9 Å². The zero-order valence-electron chi connectivity index (χ0n) is 29.6. The number of carbonyl (C=O) groups is 1. The molecule has 52 heavy (non-hydrogen) atoms. The molecule has 0 saturated heterocycles. The van der Waals surface area contributed by atoms with Gasteiger partial charge >= 0.3 is 5.97 Å². The lowest BCUT2D eigenvalue weighted by Crippen LogP contribution is -2.41. The summed E-state index contributed by atoms with van der Waals surface area (Å²) in [6, 6.07) is 25.9. The molecule has 0 amide bonds. The molecule has 4 aromatic rings. The van der Waals surface area contributed by atoms with Crippen molar-refractivity contribution in [1.29, 1.82) is 0 Å². The first-order valence-corrected chi connectivity index (χ1v) is 20.0. The maximum Gasteiger partial charge on any atom is 0.338 e. The van der Waals surface area contributed by atoms with Crippen molar-refractivity contribution in [2.24, 2.45) is 0 Å². The van der Waals surface area contributed by atoms with Gasteiger partial charge in [0, 0.05) is 23.7 Å². The molecule has 276 valence electrons. The van der Waals surface area contributed by atoms with E-state index in [2.05, 4.69) is 9.44 Å². The maximum atomic E-state index is 13.8. The van der Waals surface area contributed by atoms with Crippen molar-refractivity contribution in [3.8, 4) is 11.5 Å². The van der Waals surface area contributed by atoms with Gasteiger partial charge < -0.3 is 19.3 Å². The molecule has 1 aliphatic rings. The van der Waals surface area contributed by atoms with Crippen LogP contribution in [-0.2, 0) is 36.0 Å². The molecule has 0 saturated carbocycles. The second-order valence-corrected chi connectivity index (χ2v) is 16.1. The van der Waals surface area contributed by atoms with Gasteiger partial charge in [0.15, 0.2) is 0 Å². The average Bonchev–Trinajstić information content (AvgIpc) is 3.12. The Morgan fingerprint density at radius 3 is 1.81 bits per heavy atom. The van der Waals surface area contributed by atoms with Crippen molar-refractivity contribution >= 4 is 37.4 Å². The molecule has 0 aromatic heterocycles. The first kappa shape index (κ1) is 38.2. The third-order valence-corrected chi connectivity index (χ3v) is 11.9. The summed E-state index contributed by atoms with van der Waals surface area (Å²) in [5.41, 5.74) is 1.36. The van der Waals surface area contributed by atoms with Gasteiger partial charge in [-0.1, -0.05) is 44.5 Å². The van der Waals surface area contributed by atoms with Gasteiger partial charge in [-0.3, -0.25) is 9.44 Å². The lowest BCUT2D eigenvalue weighted by molar-refractivity contribution is -0.161. The van der Waals surface area contributed by atoms with Crippen molar-refractivity contribution in [3.63, 3.8) is 0 Å². The number of ether oxygens (including phenoxy) is 3. The van der Waals surface area contributed by atoms with Crippen molar-refractivity contribution in [2.75, 3.05) is 23.7 Å². The first-order valence-electron chi connectivity index (χ1n) is 17.0. The van der Waals surface area contributed by atoms with E-state index in [0.717, 1.165) is 5.56 Å². The maximum absolute atomic E-state index is 13.8. The van der Waals surface area contributed by atoms with Crippen LogP contribution in [0.15, 0.2) is 118 Å². The third kappa shape index (κ3) is 8.88. The molecule has 1 heterocycles. The largest absolute Gasteiger partial charge is 0.512 e. The Kier molecular flexibility index (Phi) is 11.9. The van der Waals surface area contributed by atoms with Crippen LogP contribution in [0.3, 0.4) is 0 Å². The lowest BCUT2D eigenvalue weighted by atomic mass is 9.80. The van der Waals surface area contributed by atoms with Gasteiger partial charge in [0.25, 0.3) is 20.0 Å². The summed E-state index contributed by atoms with van der Waals surface area (Å²) in [7, 11) is -4.75. The number of sulfonamides is 2. The summed E-state index contributed by atoms with van der Waals surface area (Å²) in [5, 5.41) is 11.5. The zero-order valence-corrected chi connectivity index (χ0v) is 31.2. The smallest absolute Gasteiger partial charge is 0.338 e. The molecule has 1 aliphatic heterocycles. The van der Waals surface area contributed by atoms with Crippen molar-refractivity contribution in [2.45, 2.75) is 73.7 Å². The number of cyclic esters (lactones) is 1. The summed E-state index contributed by atoms with van der Waals surface area (Å²) < 4.78 is 73.9. The zero-order chi connectivity index (χ0) is 37.5. The third-order valence-electron chi connectivity index (χ3n) is 9.12.